The molecule has 30 heavy (non-hydrogen) atoms. The van der Waals surface area contributed by atoms with Crippen molar-refractivity contribution in [1.29, 1.82) is 0 Å². The minimum absolute atomic E-state index is 0.0915. The molecule has 1 rings (SSSR count). The Kier molecular flexibility index (Phi) is 13.4. The number of amides is 2. The predicted octanol–water partition coefficient (Wildman–Crippen LogP) is -0.617. The molecule has 1 aliphatic heterocycles. The van der Waals surface area contributed by atoms with Crippen molar-refractivity contribution in [2.24, 2.45) is 0 Å². The molecule has 0 aromatic rings. The fourth-order valence-corrected chi connectivity index (χ4v) is 3.24. The van der Waals surface area contributed by atoms with Gasteiger partial charge < -0.3 is 40.2 Å². The van der Waals surface area contributed by atoms with E-state index in [1.54, 1.807) is 0 Å². The summed E-state index contributed by atoms with van der Waals surface area (Å²) in [6.45, 7) is 1.51. The van der Waals surface area contributed by atoms with E-state index in [0.717, 1.165) is 38.4 Å². The van der Waals surface area contributed by atoms with Crippen molar-refractivity contribution < 1.29 is 39.2 Å². The second-order valence-corrected chi connectivity index (χ2v) is 7.48. The lowest BCUT2D eigenvalue weighted by atomic mass is 9.97. The molecule has 1 aliphatic rings. The zero-order valence-corrected chi connectivity index (χ0v) is 17.6. The zero-order chi connectivity index (χ0) is 22.4. The Bertz CT molecular complexity index is 519. The van der Waals surface area contributed by atoms with Crippen LogP contribution >= 0.6 is 0 Å². The minimum atomic E-state index is -1.36. The molecule has 1 heterocycles. The van der Waals surface area contributed by atoms with Gasteiger partial charge in [0.05, 0.1) is 13.2 Å². The molecule has 0 aliphatic carbocycles. The molecule has 0 aromatic heterocycles. The summed E-state index contributed by atoms with van der Waals surface area (Å²) in [4.78, 5) is 33.4. The van der Waals surface area contributed by atoms with Crippen LogP contribution in [0.1, 0.15) is 58.3 Å². The molecule has 10 nitrogen and oxygen atoms in total. The Morgan fingerprint density at radius 1 is 1.07 bits per heavy atom. The molecule has 0 aromatic carbocycles. The number of aliphatic hydroxyl groups excluding tert-OH is 3. The van der Waals surface area contributed by atoms with Gasteiger partial charge in [-0.3, -0.25) is 9.59 Å². The van der Waals surface area contributed by atoms with Crippen LogP contribution in [-0.4, -0.2) is 83.8 Å². The summed E-state index contributed by atoms with van der Waals surface area (Å²) in [5.74, 6) is -0.514. The summed E-state index contributed by atoms with van der Waals surface area (Å²) in [5, 5.41) is 34.7. The monoisotopic (exact) mass is 432 g/mol. The van der Waals surface area contributed by atoms with E-state index in [9.17, 15) is 29.7 Å². The topological polar surface area (TPSA) is 154 Å². The number of hydrogen-bond donors (Lipinski definition) is 5. The molecule has 0 radical (unpaired) electrons. The molecule has 0 bridgehead atoms. The zero-order valence-electron chi connectivity index (χ0n) is 17.6. The number of carbonyl (C=O) groups excluding carboxylic acids is 3. The lowest BCUT2D eigenvalue weighted by Gasteiger charge is -2.42. The molecule has 174 valence electrons. The van der Waals surface area contributed by atoms with Crippen molar-refractivity contribution in [3.8, 4) is 0 Å². The summed E-state index contributed by atoms with van der Waals surface area (Å²) < 4.78 is 11.0. The van der Waals surface area contributed by atoms with E-state index in [1.807, 2.05) is 0 Å². The number of rotatable bonds is 15. The third-order valence-corrected chi connectivity index (χ3v) is 4.90. The van der Waals surface area contributed by atoms with Crippen molar-refractivity contribution >= 4 is 18.1 Å². The highest BCUT2D eigenvalue weighted by molar-refractivity contribution is 5.75. The van der Waals surface area contributed by atoms with E-state index in [0.29, 0.717) is 19.4 Å². The highest BCUT2D eigenvalue weighted by Gasteiger charge is 2.45. The van der Waals surface area contributed by atoms with Crippen molar-refractivity contribution in [2.75, 3.05) is 19.8 Å². The number of ether oxygens (including phenoxy) is 2. The molecular formula is C20H36N2O8. The first kappa shape index (κ1) is 26.4. The molecule has 5 unspecified atom stereocenters. The molecule has 2 amide bonds. The van der Waals surface area contributed by atoms with E-state index in [-0.39, 0.29) is 18.9 Å². The fourth-order valence-electron chi connectivity index (χ4n) is 3.24. The Morgan fingerprint density at radius 3 is 2.43 bits per heavy atom. The van der Waals surface area contributed by atoms with Crippen molar-refractivity contribution in [3.63, 3.8) is 0 Å². The van der Waals surface area contributed by atoms with E-state index >= 15 is 0 Å². The van der Waals surface area contributed by atoms with Gasteiger partial charge in [-0.25, -0.2) is 0 Å². The van der Waals surface area contributed by atoms with Gasteiger partial charge in [-0.2, -0.15) is 0 Å². The first-order valence-corrected chi connectivity index (χ1v) is 10.6. The lowest BCUT2D eigenvalue weighted by molar-refractivity contribution is -0.270. The van der Waals surface area contributed by atoms with Crippen LogP contribution in [-0.2, 0) is 23.9 Å². The third-order valence-electron chi connectivity index (χ3n) is 4.90. The number of carbonyl (C=O) groups is 3. The van der Waals surface area contributed by atoms with Crippen molar-refractivity contribution in [1.82, 2.24) is 10.6 Å². The summed E-state index contributed by atoms with van der Waals surface area (Å²) in [5.41, 5.74) is 0. The van der Waals surface area contributed by atoms with Crippen LogP contribution < -0.4 is 10.6 Å². The van der Waals surface area contributed by atoms with Gasteiger partial charge in [0.1, 0.15) is 30.6 Å². The molecule has 1 saturated heterocycles. The van der Waals surface area contributed by atoms with Gasteiger partial charge in [-0.1, -0.05) is 19.3 Å². The van der Waals surface area contributed by atoms with E-state index in [4.69, 9.17) is 9.47 Å². The van der Waals surface area contributed by atoms with Crippen LogP contribution in [0.3, 0.4) is 0 Å². The summed E-state index contributed by atoms with van der Waals surface area (Å²) in [6, 6.07) is -0.986. The highest BCUT2D eigenvalue weighted by Crippen LogP contribution is 2.22. The largest absolute Gasteiger partial charge is 0.394 e. The SMILES string of the molecule is CC(=O)NC1C(OCCCC(=O)NCCCCCCCC=O)OC(CO)C(O)C1O. The average Bonchev–Trinajstić information content (AvgIpc) is 2.71. The molecule has 10 heteroatoms. The van der Waals surface area contributed by atoms with Crippen LogP contribution in [0.5, 0.6) is 0 Å². The van der Waals surface area contributed by atoms with E-state index in [2.05, 4.69) is 10.6 Å². The minimum Gasteiger partial charge on any atom is -0.394 e. The maximum Gasteiger partial charge on any atom is 0.220 e. The van der Waals surface area contributed by atoms with Crippen molar-refractivity contribution in [3.05, 3.63) is 0 Å². The second-order valence-electron chi connectivity index (χ2n) is 7.48. The Morgan fingerprint density at radius 2 is 1.77 bits per heavy atom. The summed E-state index contributed by atoms with van der Waals surface area (Å²) >= 11 is 0. The Hall–Kier alpha value is -1.59. The third kappa shape index (κ3) is 9.94. The molecule has 0 saturated carbocycles. The van der Waals surface area contributed by atoms with Crippen LogP contribution in [0.25, 0.3) is 0 Å². The van der Waals surface area contributed by atoms with Crippen molar-refractivity contribution in [2.45, 2.75) is 88.9 Å². The normalized spacial score (nSPS) is 26.2. The van der Waals surface area contributed by atoms with Gasteiger partial charge in [0, 0.05) is 26.3 Å². The number of unbranched alkanes of at least 4 members (excludes halogenated alkanes) is 5. The maximum atomic E-state index is 11.9. The number of hydrogen-bond acceptors (Lipinski definition) is 8. The van der Waals surface area contributed by atoms with Crippen LogP contribution in [0.4, 0.5) is 0 Å². The Balaban J connectivity index is 2.24. The predicted molar refractivity (Wildman–Crippen MR) is 107 cm³/mol. The Labute approximate surface area is 177 Å². The highest BCUT2D eigenvalue weighted by atomic mass is 16.7. The average molecular weight is 433 g/mol. The van der Waals surface area contributed by atoms with Gasteiger partial charge in [0.15, 0.2) is 6.29 Å². The number of nitrogens with one attached hydrogen (secondary N) is 2. The molecule has 1 fully saturated rings. The van der Waals surface area contributed by atoms with Gasteiger partial charge in [-0.15, -0.1) is 0 Å². The van der Waals surface area contributed by atoms with Gasteiger partial charge in [0.2, 0.25) is 11.8 Å². The van der Waals surface area contributed by atoms with Gasteiger partial charge in [0.25, 0.3) is 0 Å². The van der Waals surface area contributed by atoms with E-state index in [1.165, 1.54) is 6.92 Å². The van der Waals surface area contributed by atoms with Gasteiger partial charge >= 0.3 is 0 Å². The lowest BCUT2D eigenvalue weighted by Crippen LogP contribution is -2.64. The molecule has 0 spiro atoms. The smallest absolute Gasteiger partial charge is 0.220 e. The first-order valence-electron chi connectivity index (χ1n) is 10.6. The summed E-state index contributed by atoms with van der Waals surface area (Å²) in [6.07, 6.45) is 2.29. The maximum absolute atomic E-state index is 11.9. The van der Waals surface area contributed by atoms with E-state index < -0.39 is 43.2 Å². The van der Waals surface area contributed by atoms with Crippen LogP contribution in [0.15, 0.2) is 0 Å². The quantitative estimate of drug-likeness (QED) is 0.169. The van der Waals surface area contributed by atoms with Crippen LogP contribution in [0.2, 0.25) is 0 Å². The summed E-state index contributed by atoms with van der Waals surface area (Å²) in [7, 11) is 0. The molecule has 5 N–H and O–H groups in total. The fraction of sp³-hybridized carbons (Fsp3) is 0.850. The second kappa shape index (κ2) is 15.2. The molecule has 5 atom stereocenters. The molecular weight excluding hydrogens is 396 g/mol. The first-order chi connectivity index (χ1) is 14.4. The number of aliphatic hydroxyl groups is 3. The van der Waals surface area contributed by atoms with Gasteiger partial charge in [-0.05, 0) is 19.3 Å². The van der Waals surface area contributed by atoms with Crippen LogP contribution in [0, 0.1) is 0 Å². The number of aldehydes is 1. The standard InChI is InChI=1S/C20H36N2O8/c1-14(25)22-17-19(28)18(27)15(13-24)30-20(17)29-12-8-9-16(26)21-10-6-4-2-3-5-7-11-23/h11,15,17-20,24,27-28H,2-10,12-13H2,1H3,(H,21,26)(H,22,25).